The Labute approximate surface area is 140 Å². The molecule has 2 heterocycles. The zero-order chi connectivity index (χ0) is 16.7. The molecule has 24 heavy (non-hydrogen) atoms. The molecule has 0 amide bonds. The number of pyridine rings is 1. The van der Waals surface area contributed by atoms with Crippen molar-refractivity contribution in [3.8, 4) is 17.0 Å². The fourth-order valence-corrected chi connectivity index (χ4v) is 3.00. The first-order chi connectivity index (χ1) is 11.6. The molecule has 1 atom stereocenters. The number of fused-ring (bicyclic) bond motifs is 2. The average Bonchev–Trinajstić information content (AvgIpc) is 2.62. The van der Waals surface area contributed by atoms with E-state index >= 15 is 0 Å². The lowest BCUT2D eigenvalue weighted by Crippen LogP contribution is -2.45. The highest BCUT2D eigenvalue weighted by molar-refractivity contribution is 5.85. The van der Waals surface area contributed by atoms with Gasteiger partial charge in [0.25, 0.3) is 0 Å². The molecule has 1 aliphatic heterocycles. The lowest BCUT2D eigenvalue weighted by atomic mass is 9.91. The molecule has 0 N–H and O–H groups in total. The highest BCUT2D eigenvalue weighted by Crippen LogP contribution is 2.35. The number of nitrogens with zero attached hydrogens (tertiary/aromatic N) is 1. The van der Waals surface area contributed by atoms with Crippen molar-refractivity contribution in [2.45, 2.75) is 18.9 Å². The van der Waals surface area contributed by atoms with Crippen molar-refractivity contribution in [1.82, 2.24) is 4.98 Å². The van der Waals surface area contributed by atoms with Crippen LogP contribution in [0, 0.1) is 0 Å². The van der Waals surface area contributed by atoms with Crippen molar-refractivity contribution in [3.05, 3.63) is 60.2 Å². The van der Waals surface area contributed by atoms with Crippen LogP contribution in [0.5, 0.6) is 5.75 Å². The molecule has 4 heteroatoms. The Hall–Kier alpha value is -2.72. The van der Waals surface area contributed by atoms with E-state index in [2.05, 4.69) is 6.07 Å². The monoisotopic (exact) mass is 319 g/mol. The molecule has 0 radical (unpaired) electrons. The summed E-state index contributed by atoms with van der Waals surface area (Å²) >= 11 is 0. The Kier molecular flexibility index (Phi) is 3.36. The molecule has 2 aromatic carbocycles. The van der Waals surface area contributed by atoms with Crippen LogP contribution in [0.3, 0.4) is 0 Å². The number of benzene rings is 2. The molecule has 0 aliphatic carbocycles. The van der Waals surface area contributed by atoms with Crippen LogP contribution in [0.15, 0.2) is 54.6 Å². The molecule has 1 unspecified atom stereocenters. The quantitative estimate of drug-likeness (QED) is 0.533. The van der Waals surface area contributed by atoms with E-state index in [1.165, 1.54) is 7.11 Å². The summed E-state index contributed by atoms with van der Waals surface area (Å²) in [6.45, 7) is 1.75. The van der Waals surface area contributed by atoms with Crippen molar-refractivity contribution >= 4 is 16.9 Å². The molecular formula is C20H17NO3. The molecule has 3 aromatic rings. The summed E-state index contributed by atoms with van der Waals surface area (Å²) in [7, 11) is 1.53. The minimum absolute atomic E-state index is 0.353. The molecule has 0 bridgehead atoms. The van der Waals surface area contributed by atoms with Gasteiger partial charge in [0.2, 0.25) is 0 Å². The number of hydrogen-bond donors (Lipinski definition) is 0. The number of hydrogen-bond acceptors (Lipinski definition) is 4. The third-order valence-corrected chi connectivity index (χ3v) is 4.57. The van der Waals surface area contributed by atoms with Gasteiger partial charge in [-0.2, -0.15) is 0 Å². The van der Waals surface area contributed by atoms with E-state index in [4.69, 9.17) is 14.5 Å². The number of carbonyl (C=O) groups excluding carboxylic acids is 1. The minimum Gasteiger partial charge on any atom is -0.424 e. The van der Waals surface area contributed by atoms with Gasteiger partial charge in [-0.1, -0.05) is 24.3 Å². The Balaban J connectivity index is 1.77. The van der Waals surface area contributed by atoms with Crippen LogP contribution in [0.4, 0.5) is 0 Å². The van der Waals surface area contributed by atoms with Gasteiger partial charge in [-0.15, -0.1) is 0 Å². The Morgan fingerprint density at radius 3 is 2.79 bits per heavy atom. The molecule has 0 saturated carbocycles. The van der Waals surface area contributed by atoms with E-state index in [9.17, 15) is 4.79 Å². The summed E-state index contributed by atoms with van der Waals surface area (Å²) in [6, 6.07) is 17.9. The first kappa shape index (κ1) is 14.8. The molecular weight excluding hydrogens is 302 g/mol. The summed E-state index contributed by atoms with van der Waals surface area (Å²) < 4.78 is 10.8. The Morgan fingerprint density at radius 1 is 1.12 bits per heavy atom. The topological polar surface area (TPSA) is 48.4 Å². The van der Waals surface area contributed by atoms with Crippen LogP contribution in [-0.2, 0) is 16.0 Å². The number of carbonyl (C=O) groups is 1. The second-order valence-corrected chi connectivity index (χ2v) is 6.21. The van der Waals surface area contributed by atoms with Gasteiger partial charge in [0.1, 0.15) is 5.75 Å². The lowest BCUT2D eigenvalue weighted by molar-refractivity contribution is -0.159. The number of rotatable bonds is 2. The highest BCUT2D eigenvalue weighted by atomic mass is 16.6. The molecule has 120 valence electrons. The Morgan fingerprint density at radius 2 is 1.96 bits per heavy atom. The largest absolute Gasteiger partial charge is 0.424 e. The molecule has 0 saturated heterocycles. The predicted octanol–water partition coefficient (Wildman–Crippen LogP) is 3.77. The van der Waals surface area contributed by atoms with Crippen LogP contribution < -0.4 is 4.74 Å². The van der Waals surface area contributed by atoms with Crippen LogP contribution >= 0.6 is 0 Å². The second-order valence-electron chi connectivity index (χ2n) is 6.21. The van der Waals surface area contributed by atoms with Gasteiger partial charge in [-0.05, 0) is 42.8 Å². The van der Waals surface area contributed by atoms with Gasteiger partial charge in [-0.3, -0.25) is 0 Å². The second kappa shape index (κ2) is 5.42. The van der Waals surface area contributed by atoms with Gasteiger partial charge in [-0.25, -0.2) is 9.78 Å². The van der Waals surface area contributed by atoms with Crippen LogP contribution in [0.2, 0.25) is 0 Å². The first-order valence-electron chi connectivity index (χ1n) is 7.86. The standard InChI is InChI=1S/C20H17NO3/c1-20(23-2)12-15-11-14(8-10-18(15)24-19(20)22)17-9-7-13-5-3-4-6-16(13)21-17/h3-11H,12H2,1-2H3. The van der Waals surface area contributed by atoms with Crippen molar-refractivity contribution in [1.29, 1.82) is 0 Å². The maximum atomic E-state index is 12.1. The van der Waals surface area contributed by atoms with Crippen LogP contribution in [0.1, 0.15) is 12.5 Å². The third-order valence-electron chi connectivity index (χ3n) is 4.57. The van der Waals surface area contributed by atoms with E-state index in [0.717, 1.165) is 27.7 Å². The lowest BCUT2D eigenvalue weighted by Gasteiger charge is -2.31. The van der Waals surface area contributed by atoms with Crippen LogP contribution in [0.25, 0.3) is 22.2 Å². The van der Waals surface area contributed by atoms with Gasteiger partial charge >= 0.3 is 5.97 Å². The molecule has 4 rings (SSSR count). The van der Waals surface area contributed by atoms with E-state index in [-0.39, 0.29) is 5.97 Å². The zero-order valence-corrected chi connectivity index (χ0v) is 13.6. The van der Waals surface area contributed by atoms with Gasteiger partial charge in [0.15, 0.2) is 5.60 Å². The molecule has 0 spiro atoms. The van der Waals surface area contributed by atoms with Gasteiger partial charge < -0.3 is 9.47 Å². The summed E-state index contributed by atoms with van der Waals surface area (Å²) in [5.41, 5.74) is 2.86. The van der Waals surface area contributed by atoms with Crippen molar-refractivity contribution in [2.24, 2.45) is 0 Å². The summed E-state index contributed by atoms with van der Waals surface area (Å²) in [6.07, 6.45) is 0.485. The maximum Gasteiger partial charge on any atom is 0.343 e. The summed E-state index contributed by atoms with van der Waals surface area (Å²) in [5, 5.41) is 1.11. The maximum absolute atomic E-state index is 12.1. The van der Waals surface area contributed by atoms with E-state index in [1.807, 2.05) is 48.5 Å². The fourth-order valence-electron chi connectivity index (χ4n) is 3.00. The normalized spacial score (nSPS) is 19.8. The minimum atomic E-state index is -0.942. The fraction of sp³-hybridized carbons (Fsp3) is 0.200. The first-order valence-corrected chi connectivity index (χ1v) is 7.86. The predicted molar refractivity (Wildman–Crippen MR) is 91.9 cm³/mol. The number of esters is 1. The Bertz CT molecular complexity index is 951. The number of aromatic nitrogens is 1. The van der Waals surface area contributed by atoms with Crippen molar-refractivity contribution < 1.29 is 14.3 Å². The van der Waals surface area contributed by atoms with Crippen LogP contribution in [-0.4, -0.2) is 23.7 Å². The van der Waals surface area contributed by atoms with Gasteiger partial charge in [0, 0.05) is 24.5 Å². The molecule has 1 aromatic heterocycles. The number of para-hydroxylation sites is 1. The van der Waals surface area contributed by atoms with E-state index in [1.54, 1.807) is 6.92 Å². The third kappa shape index (κ3) is 2.36. The molecule has 0 fully saturated rings. The number of ether oxygens (including phenoxy) is 2. The van der Waals surface area contributed by atoms with E-state index < -0.39 is 5.60 Å². The number of methoxy groups -OCH3 is 1. The summed E-state index contributed by atoms with van der Waals surface area (Å²) in [4.78, 5) is 16.8. The van der Waals surface area contributed by atoms with E-state index in [0.29, 0.717) is 12.2 Å². The molecule has 1 aliphatic rings. The van der Waals surface area contributed by atoms with Crippen molar-refractivity contribution in [2.75, 3.05) is 7.11 Å². The summed E-state index contributed by atoms with van der Waals surface area (Å²) in [5.74, 6) is 0.244. The zero-order valence-electron chi connectivity index (χ0n) is 13.6. The smallest absolute Gasteiger partial charge is 0.343 e. The molecule has 4 nitrogen and oxygen atoms in total. The van der Waals surface area contributed by atoms with Gasteiger partial charge in [0.05, 0.1) is 11.2 Å². The average molecular weight is 319 g/mol. The van der Waals surface area contributed by atoms with Crippen molar-refractivity contribution in [3.63, 3.8) is 0 Å². The highest BCUT2D eigenvalue weighted by Gasteiger charge is 2.40. The SMILES string of the molecule is COC1(C)Cc2cc(-c3ccc4ccccc4n3)ccc2OC1=O.